The van der Waals surface area contributed by atoms with E-state index in [1.807, 2.05) is 30.3 Å². The fraction of sp³-hybridized carbons (Fsp3) is 0.533. The maximum Gasteiger partial charge on any atom is 0.244 e. The number of hydrogen-bond acceptors (Lipinski definition) is 2. The molecule has 0 spiro atoms. The molecule has 0 fully saturated rings. The number of nitrogens with one attached hydrogen (secondary N) is 1. The van der Waals surface area contributed by atoms with Crippen LogP contribution in [0.5, 0.6) is 0 Å². The predicted octanol–water partition coefficient (Wildman–Crippen LogP) is 2.41. The normalized spacial score (nSPS) is 14.9. The van der Waals surface area contributed by atoms with E-state index in [1.54, 1.807) is 6.92 Å². The Balaban J connectivity index is 2.61. The standard InChI is InChI=1S/C15H24N2O/c1-14(2,3)10-11-17-13(18)15(4,16)12-8-6-5-7-9-12/h5-9H,10-11,16H2,1-4H3,(H,17,18). The third-order valence-electron chi connectivity index (χ3n) is 3.01. The van der Waals surface area contributed by atoms with Crippen LogP contribution < -0.4 is 11.1 Å². The lowest BCUT2D eigenvalue weighted by Gasteiger charge is -2.25. The third-order valence-corrected chi connectivity index (χ3v) is 3.01. The van der Waals surface area contributed by atoms with Crippen LogP contribution in [0.2, 0.25) is 0 Å². The van der Waals surface area contributed by atoms with Crippen molar-refractivity contribution in [3.63, 3.8) is 0 Å². The van der Waals surface area contributed by atoms with Gasteiger partial charge in [0.1, 0.15) is 5.54 Å². The third kappa shape index (κ3) is 4.15. The second-order valence-electron chi connectivity index (χ2n) is 6.13. The molecular formula is C15H24N2O. The van der Waals surface area contributed by atoms with Crippen LogP contribution in [0.4, 0.5) is 0 Å². The highest BCUT2D eigenvalue weighted by Crippen LogP contribution is 2.19. The van der Waals surface area contributed by atoms with E-state index in [0.717, 1.165) is 12.0 Å². The molecule has 0 saturated heterocycles. The molecule has 1 aromatic carbocycles. The summed E-state index contributed by atoms with van der Waals surface area (Å²) in [7, 11) is 0. The summed E-state index contributed by atoms with van der Waals surface area (Å²) in [6.07, 6.45) is 0.934. The van der Waals surface area contributed by atoms with Crippen LogP contribution in [0.1, 0.15) is 39.7 Å². The van der Waals surface area contributed by atoms with Gasteiger partial charge in [0.2, 0.25) is 5.91 Å². The Labute approximate surface area is 110 Å². The maximum absolute atomic E-state index is 12.1. The molecule has 0 aliphatic rings. The van der Waals surface area contributed by atoms with Crippen molar-refractivity contribution in [1.29, 1.82) is 0 Å². The quantitative estimate of drug-likeness (QED) is 0.859. The molecule has 3 N–H and O–H groups in total. The van der Waals surface area contributed by atoms with Crippen LogP contribution in [0.15, 0.2) is 30.3 Å². The van der Waals surface area contributed by atoms with Gasteiger partial charge in [-0.15, -0.1) is 0 Å². The lowest BCUT2D eigenvalue weighted by molar-refractivity contribution is -0.126. The van der Waals surface area contributed by atoms with Gasteiger partial charge in [-0.3, -0.25) is 4.79 Å². The summed E-state index contributed by atoms with van der Waals surface area (Å²) in [5.41, 5.74) is 6.19. The van der Waals surface area contributed by atoms with Gasteiger partial charge in [0.05, 0.1) is 0 Å². The smallest absolute Gasteiger partial charge is 0.244 e. The minimum Gasteiger partial charge on any atom is -0.354 e. The second-order valence-corrected chi connectivity index (χ2v) is 6.13. The fourth-order valence-corrected chi connectivity index (χ4v) is 1.65. The summed E-state index contributed by atoms with van der Waals surface area (Å²) in [4.78, 5) is 12.1. The van der Waals surface area contributed by atoms with E-state index in [9.17, 15) is 4.79 Å². The molecule has 0 aliphatic heterocycles. The molecule has 0 bridgehead atoms. The van der Waals surface area contributed by atoms with Crippen molar-refractivity contribution in [1.82, 2.24) is 5.32 Å². The Morgan fingerprint density at radius 1 is 1.17 bits per heavy atom. The van der Waals surface area contributed by atoms with Crippen LogP contribution >= 0.6 is 0 Å². The average Bonchev–Trinajstić information content (AvgIpc) is 2.28. The highest BCUT2D eigenvalue weighted by atomic mass is 16.2. The Morgan fingerprint density at radius 3 is 2.22 bits per heavy atom. The number of carbonyl (C=O) groups is 1. The molecule has 1 atom stereocenters. The molecule has 0 aliphatic carbocycles. The number of nitrogens with two attached hydrogens (primary N) is 1. The van der Waals surface area contributed by atoms with Crippen molar-refractivity contribution in [3.05, 3.63) is 35.9 Å². The van der Waals surface area contributed by atoms with E-state index in [0.29, 0.717) is 6.54 Å². The van der Waals surface area contributed by atoms with Crippen molar-refractivity contribution in [2.45, 2.75) is 39.7 Å². The second kappa shape index (κ2) is 5.53. The Hall–Kier alpha value is -1.35. The maximum atomic E-state index is 12.1. The minimum absolute atomic E-state index is 0.127. The van der Waals surface area contributed by atoms with Crippen LogP contribution in [-0.4, -0.2) is 12.5 Å². The number of rotatable bonds is 4. The number of benzene rings is 1. The SMILES string of the molecule is CC(C)(C)CCNC(=O)C(C)(N)c1ccccc1. The average molecular weight is 248 g/mol. The summed E-state index contributed by atoms with van der Waals surface area (Å²) in [5.74, 6) is -0.127. The van der Waals surface area contributed by atoms with Gasteiger partial charge in [-0.25, -0.2) is 0 Å². The molecule has 18 heavy (non-hydrogen) atoms. The van der Waals surface area contributed by atoms with Crippen molar-refractivity contribution >= 4 is 5.91 Å². The highest BCUT2D eigenvalue weighted by Gasteiger charge is 2.30. The molecule has 1 unspecified atom stereocenters. The molecule has 3 heteroatoms. The monoisotopic (exact) mass is 248 g/mol. The molecule has 0 radical (unpaired) electrons. The number of amides is 1. The number of carbonyl (C=O) groups excluding carboxylic acids is 1. The van der Waals surface area contributed by atoms with Gasteiger partial charge in [-0.1, -0.05) is 51.1 Å². The van der Waals surface area contributed by atoms with E-state index < -0.39 is 5.54 Å². The zero-order valence-corrected chi connectivity index (χ0v) is 11.8. The topological polar surface area (TPSA) is 55.1 Å². The predicted molar refractivity (Wildman–Crippen MR) is 75.1 cm³/mol. The molecule has 3 nitrogen and oxygen atoms in total. The summed E-state index contributed by atoms with van der Waals surface area (Å²) in [5, 5.41) is 2.91. The minimum atomic E-state index is -0.973. The van der Waals surface area contributed by atoms with Crippen LogP contribution in [0, 0.1) is 5.41 Å². The van der Waals surface area contributed by atoms with Gasteiger partial charge in [0.25, 0.3) is 0 Å². The van der Waals surface area contributed by atoms with Crippen LogP contribution in [0.25, 0.3) is 0 Å². The van der Waals surface area contributed by atoms with Gasteiger partial charge in [0.15, 0.2) is 0 Å². The summed E-state index contributed by atoms with van der Waals surface area (Å²) >= 11 is 0. The van der Waals surface area contributed by atoms with E-state index in [-0.39, 0.29) is 11.3 Å². The Morgan fingerprint density at radius 2 is 1.72 bits per heavy atom. The van der Waals surface area contributed by atoms with Gasteiger partial charge in [-0.05, 0) is 24.3 Å². The Kier molecular flexibility index (Phi) is 4.52. The van der Waals surface area contributed by atoms with Gasteiger partial charge in [0, 0.05) is 6.54 Å². The first-order chi connectivity index (χ1) is 8.23. The molecular weight excluding hydrogens is 224 g/mol. The number of hydrogen-bond donors (Lipinski definition) is 2. The van der Waals surface area contributed by atoms with E-state index >= 15 is 0 Å². The van der Waals surface area contributed by atoms with Crippen molar-refractivity contribution in [2.75, 3.05) is 6.54 Å². The Bertz CT molecular complexity index is 391. The molecule has 0 aromatic heterocycles. The van der Waals surface area contributed by atoms with Gasteiger partial charge < -0.3 is 11.1 Å². The molecule has 1 aromatic rings. The van der Waals surface area contributed by atoms with E-state index in [2.05, 4.69) is 26.1 Å². The largest absolute Gasteiger partial charge is 0.354 e. The lowest BCUT2D eigenvalue weighted by atomic mass is 9.90. The first-order valence-corrected chi connectivity index (χ1v) is 6.36. The fourth-order valence-electron chi connectivity index (χ4n) is 1.65. The van der Waals surface area contributed by atoms with Crippen molar-refractivity contribution < 1.29 is 4.79 Å². The molecule has 1 rings (SSSR count). The highest BCUT2D eigenvalue weighted by molar-refractivity contribution is 5.86. The van der Waals surface area contributed by atoms with Crippen LogP contribution in [0.3, 0.4) is 0 Å². The zero-order valence-electron chi connectivity index (χ0n) is 11.8. The summed E-state index contributed by atoms with van der Waals surface area (Å²) in [6.45, 7) is 8.85. The lowest BCUT2D eigenvalue weighted by Crippen LogP contribution is -2.49. The first-order valence-electron chi connectivity index (χ1n) is 6.36. The van der Waals surface area contributed by atoms with Gasteiger partial charge in [-0.2, -0.15) is 0 Å². The summed E-state index contributed by atoms with van der Waals surface area (Å²) < 4.78 is 0. The zero-order chi connectivity index (χ0) is 13.8. The molecule has 1 amide bonds. The summed E-state index contributed by atoms with van der Waals surface area (Å²) in [6, 6.07) is 9.45. The molecule has 100 valence electrons. The van der Waals surface area contributed by atoms with E-state index in [1.165, 1.54) is 0 Å². The van der Waals surface area contributed by atoms with Crippen molar-refractivity contribution in [3.8, 4) is 0 Å². The molecule has 0 heterocycles. The van der Waals surface area contributed by atoms with Crippen LogP contribution in [-0.2, 0) is 10.3 Å². The molecule has 0 saturated carbocycles. The first kappa shape index (κ1) is 14.7. The van der Waals surface area contributed by atoms with Gasteiger partial charge >= 0.3 is 0 Å². The van der Waals surface area contributed by atoms with E-state index in [4.69, 9.17) is 5.73 Å². The van der Waals surface area contributed by atoms with Crippen molar-refractivity contribution in [2.24, 2.45) is 11.1 Å².